The molecule has 0 fully saturated rings. The molecular formula is C24H22BrN3O4. The summed E-state index contributed by atoms with van der Waals surface area (Å²) in [6, 6.07) is 12.9. The Balaban J connectivity index is 1.35. The fourth-order valence-electron chi connectivity index (χ4n) is 3.84. The van der Waals surface area contributed by atoms with E-state index in [4.69, 9.17) is 4.74 Å². The Morgan fingerprint density at radius 3 is 2.72 bits per heavy atom. The number of aromatic nitrogens is 1. The highest BCUT2D eigenvalue weighted by Crippen LogP contribution is 2.30. The van der Waals surface area contributed by atoms with E-state index >= 15 is 0 Å². The lowest BCUT2D eigenvalue weighted by molar-refractivity contribution is -0.126. The molecule has 8 heteroatoms. The maximum absolute atomic E-state index is 12.9. The second-order valence-electron chi connectivity index (χ2n) is 7.64. The van der Waals surface area contributed by atoms with Gasteiger partial charge in [-0.05, 0) is 61.6 Å². The van der Waals surface area contributed by atoms with Crippen molar-refractivity contribution in [3.05, 3.63) is 69.3 Å². The van der Waals surface area contributed by atoms with E-state index < -0.39 is 18.5 Å². The molecule has 1 aromatic heterocycles. The number of rotatable bonds is 6. The molecule has 0 bridgehead atoms. The first-order valence-electron chi connectivity index (χ1n) is 10.3. The van der Waals surface area contributed by atoms with Crippen LogP contribution < -0.4 is 10.6 Å². The van der Waals surface area contributed by atoms with Crippen molar-refractivity contribution in [1.29, 1.82) is 0 Å². The first-order chi connectivity index (χ1) is 15.4. The number of pyridine rings is 1. The lowest BCUT2D eigenvalue weighted by Crippen LogP contribution is -2.35. The molecule has 0 radical (unpaired) electrons. The summed E-state index contributed by atoms with van der Waals surface area (Å²) >= 11 is 3.37. The molecule has 4 rings (SSSR count). The normalized spacial score (nSPS) is 12.3. The molecule has 0 unspecified atom stereocenters. The van der Waals surface area contributed by atoms with Gasteiger partial charge in [-0.3, -0.25) is 14.6 Å². The van der Waals surface area contributed by atoms with Crippen LogP contribution in [0.3, 0.4) is 0 Å². The number of nitrogens with one attached hydrogen (secondary N) is 2. The molecule has 0 spiro atoms. The number of amides is 2. The number of carbonyl (C=O) groups is 3. The second-order valence-corrected chi connectivity index (χ2v) is 8.56. The minimum Gasteiger partial charge on any atom is -0.452 e. The summed E-state index contributed by atoms with van der Waals surface area (Å²) in [6.45, 7) is 1.19. The van der Waals surface area contributed by atoms with Crippen molar-refractivity contribution < 1.29 is 19.1 Å². The Labute approximate surface area is 193 Å². The van der Waals surface area contributed by atoms with E-state index in [-0.39, 0.29) is 12.5 Å². The van der Waals surface area contributed by atoms with Crippen LogP contribution in [0.15, 0.2) is 46.9 Å². The van der Waals surface area contributed by atoms with Gasteiger partial charge in [0.2, 0.25) is 5.91 Å². The number of carbonyl (C=O) groups excluding carboxylic acids is 3. The summed E-state index contributed by atoms with van der Waals surface area (Å²) in [5.41, 5.74) is 4.60. The number of ether oxygens (including phenoxy) is 1. The van der Waals surface area contributed by atoms with Crippen molar-refractivity contribution in [3.63, 3.8) is 0 Å². The van der Waals surface area contributed by atoms with E-state index in [1.807, 2.05) is 43.3 Å². The molecule has 0 saturated heterocycles. The van der Waals surface area contributed by atoms with E-state index in [0.29, 0.717) is 11.3 Å². The van der Waals surface area contributed by atoms with Gasteiger partial charge in [-0.2, -0.15) is 0 Å². The van der Waals surface area contributed by atoms with Crippen LogP contribution in [-0.4, -0.2) is 35.9 Å². The predicted molar refractivity (Wildman–Crippen MR) is 125 cm³/mol. The van der Waals surface area contributed by atoms with Gasteiger partial charge in [0.05, 0.1) is 17.6 Å². The minimum atomic E-state index is -0.549. The SMILES string of the molecule is Cc1cc(Br)ccc1NC(=O)CNC(=O)COC(=O)c1c2c(nc3ccccc13)CCC2. The average molecular weight is 496 g/mol. The maximum atomic E-state index is 12.9. The van der Waals surface area contributed by atoms with Crippen LogP contribution in [0.1, 0.15) is 33.6 Å². The van der Waals surface area contributed by atoms with Gasteiger partial charge >= 0.3 is 5.97 Å². The molecule has 2 aromatic carbocycles. The largest absolute Gasteiger partial charge is 0.452 e. The number of hydrogen-bond acceptors (Lipinski definition) is 5. The monoisotopic (exact) mass is 495 g/mol. The number of benzene rings is 2. The zero-order valence-electron chi connectivity index (χ0n) is 17.5. The minimum absolute atomic E-state index is 0.223. The molecular weight excluding hydrogens is 474 g/mol. The molecule has 0 saturated carbocycles. The molecule has 7 nitrogen and oxygen atoms in total. The van der Waals surface area contributed by atoms with Crippen molar-refractivity contribution in [1.82, 2.24) is 10.3 Å². The third-order valence-corrected chi connectivity index (χ3v) is 5.86. The van der Waals surface area contributed by atoms with Crippen LogP contribution in [0, 0.1) is 6.92 Å². The van der Waals surface area contributed by atoms with Crippen molar-refractivity contribution in [2.24, 2.45) is 0 Å². The van der Waals surface area contributed by atoms with Crippen LogP contribution in [0.4, 0.5) is 5.69 Å². The van der Waals surface area contributed by atoms with Gasteiger partial charge in [0.1, 0.15) is 0 Å². The lowest BCUT2D eigenvalue weighted by atomic mass is 10.0. The number of para-hydroxylation sites is 1. The van der Waals surface area contributed by atoms with E-state index in [1.54, 1.807) is 6.07 Å². The van der Waals surface area contributed by atoms with Gasteiger partial charge in [0.15, 0.2) is 6.61 Å². The van der Waals surface area contributed by atoms with Crippen LogP contribution in [0.2, 0.25) is 0 Å². The summed E-state index contributed by atoms with van der Waals surface area (Å²) in [7, 11) is 0. The van der Waals surface area contributed by atoms with Crippen LogP contribution in [0.25, 0.3) is 10.9 Å². The highest BCUT2D eigenvalue weighted by atomic mass is 79.9. The van der Waals surface area contributed by atoms with E-state index in [1.165, 1.54) is 0 Å². The Hall–Kier alpha value is -3.26. The topological polar surface area (TPSA) is 97.4 Å². The van der Waals surface area contributed by atoms with Gasteiger partial charge < -0.3 is 15.4 Å². The number of hydrogen-bond donors (Lipinski definition) is 2. The number of esters is 1. The Morgan fingerprint density at radius 1 is 1.09 bits per heavy atom. The quantitative estimate of drug-likeness (QED) is 0.508. The van der Waals surface area contributed by atoms with Crippen molar-refractivity contribution in [2.45, 2.75) is 26.2 Å². The summed E-state index contributed by atoms with van der Waals surface area (Å²) < 4.78 is 6.20. The number of anilines is 1. The summed E-state index contributed by atoms with van der Waals surface area (Å²) in [5, 5.41) is 5.95. The first-order valence-corrected chi connectivity index (χ1v) is 11.1. The standard InChI is InChI=1S/C24H22BrN3O4/c1-14-11-15(25)9-10-18(14)28-21(29)12-26-22(30)13-32-24(31)23-16-5-2-3-7-19(16)27-20-8-4-6-17(20)23/h2-3,5,7,9-11H,4,6,8,12-13H2,1H3,(H,26,30)(H,28,29). The van der Waals surface area contributed by atoms with Crippen LogP contribution in [-0.2, 0) is 27.2 Å². The molecule has 2 amide bonds. The predicted octanol–water partition coefficient (Wildman–Crippen LogP) is 3.71. The average Bonchev–Trinajstić information content (AvgIpc) is 3.24. The molecule has 2 N–H and O–H groups in total. The molecule has 1 aliphatic carbocycles. The maximum Gasteiger partial charge on any atom is 0.339 e. The number of nitrogens with zero attached hydrogens (tertiary/aromatic N) is 1. The Kier molecular flexibility index (Phi) is 6.50. The number of fused-ring (bicyclic) bond motifs is 2. The van der Waals surface area contributed by atoms with Crippen molar-refractivity contribution >= 4 is 50.3 Å². The Morgan fingerprint density at radius 2 is 1.91 bits per heavy atom. The summed E-state index contributed by atoms with van der Waals surface area (Å²) in [5.74, 6) is -1.46. The molecule has 32 heavy (non-hydrogen) atoms. The number of aryl methyl sites for hydroxylation is 2. The second kappa shape index (κ2) is 9.48. The van der Waals surface area contributed by atoms with E-state index in [9.17, 15) is 14.4 Å². The third kappa shape index (κ3) is 4.80. The van der Waals surface area contributed by atoms with Crippen molar-refractivity contribution in [2.75, 3.05) is 18.5 Å². The Bertz CT molecular complexity index is 1230. The zero-order valence-corrected chi connectivity index (χ0v) is 19.1. The molecule has 0 aliphatic heterocycles. The summed E-state index contributed by atoms with van der Waals surface area (Å²) in [4.78, 5) is 41.8. The smallest absolute Gasteiger partial charge is 0.339 e. The lowest BCUT2D eigenvalue weighted by Gasteiger charge is -2.12. The molecule has 1 aliphatic rings. The third-order valence-electron chi connectivity index (χ3n) is 5.37. The summed E-state index contributed by atoms with van der Waals surface area (Å²) in [6.07, 6.45) is 2.53. The van der Waals surface area contributed by atoms with Gasteiger partial charge in [-0.15, -0.1) is 0 Å². The van der Waals surface area contributed by atoms with Crippen molar-refractivity contribution in [3.8, 4) is 0 Å². The molecule has 3 aromatic rings. The van der Waals surface area contributed by atoms with Gasteiger partial charge in [0.25, 0.3) is 5.91 Å². The number of halogens is 1. The van der Waals surface area contributed by atoms with Crippen LogP contribution >= 0.6 is 15.9 Å². The zero-order chi connectivity index (χ0) is 22.7. The van der Waals surface area contributed by atoms with Gasteiger partial charge in [-0.25, -0.2) is 4.79 Å². The van der Waals surface area contributed by atoms with Gasteiger partial charge in [0, 0.05) is 21.2 Å². The van der Waals surface area contributed by atoms with Gasteiger partial charge in [-0.1, -0.05) is 34.1 Å². The highest BCUT2D eigenvalue weighted by molar-refractivity contribution is 9.10. The van der Waals surface area contributed by atoms with E-state index in [2.05, 4.69) is 31.5 Å². The molecule has 0 atom stereocenters. The fraction of sp³-hybridized carbons (Fsp3) is 0.250. The first kappa shape index (κ1) is 22.0. The van der Waals surface area contributed by atoms with E-state index in [0.717, 1.165) is 51.5 Å². The highest BCUT2D eigenvalue weighted by Gasteiger charge is 2.25. The molecule has 164 valence electrons. The fourth-order valence-corrected chi connectivity index (χ4v) is 4.31. The molecule has 1 heterocycles. The van der Waals surface area contributed by atoms with Crippen LogP contribution in [0.5, 0.6) is 0 Å².